The molecule has 2 aliphatic rings. The fraction of sp³-hybridized carbons (Fsp3) is 0.632. The molecule has 0 atom stereocenters. The number of aryl methyl sites for hydroxylation is 6. The van der Waals surface area contributed by atoms with Gasteiger partial charge in [-0.25, -0.2) is 19.9 Å². The van der Waals surface area contributed by atoms with E-state index in [1.807, 2.05) is 0 Å². The Hall–Kier alpha value is -3.61. The van der Waals surface area contributed by atoms with Gasteiger partial charge in [0.05, 0.1) is 24.2 Å². The minimum absolute atomic E-state index is 0. The zero-order valence-corrected chi connectivity index (χ0v) is 35.0. The Morgan fingerprint density at radius 3 is 1.42 bits per heavy atom. The smallest absolute Gasteiger partial charge is 0.216 e. The van der Waals surface area contributed by atoms with Crippen LogP contribution < -0.4 is 22.1 Å². The largest absolute Gasteiger partial charge is 0.384 e. The van der Waals surface area contributed by atoms with Gasteiger partial charge in [-0.1, -0.05) is 0 Å². The van der Waals surface area contributed by atoms with E-state index in [9.17, 15) is 9.59 Å². The van der Waals surface area contributed by atoms with Crippen molar-refractivity contribution in [1.29, 1.82) is 0 Å². The molecule has 0 bridgehead atoms. The van der Waals surface area contributed by atoms with Gasteiger partial charge in [-0.05, 0) is 88.2 Å². The van der Waals surface area contributed by atoms with Gasteiger partial charge in [0.15, 0.2) is 11.6 Å². The maximum Gasteiger partial charge on any atom is 0.216 e. The van der Waals surface area contributed by atoms with E-state index in [0.29, 0.717) is 37.9 Å². The van der Waals surface area contributed by atoms with E-state index in [4.69, 9.17) is 30.9 Å². The number of ether oxygens (including phenoxy) is 2. The van der Waals surface area contributed by atoms with E-state index in [1.165, 1.54) is 36.8 Å². The van der Waals surface area contributed by atoms with E-state index in [0.717, 1.165) is 122 Å². The summed E-state index contributed by atoms with van der Waals surface area (Å²) in [4.78, 5) is 40.9. The summed E-state index contributed by atoms with van der Waals surface area (Å²) in [6, 6.07) is 0. The molecule has 6 rings (SSSR count). The summed E-state index contributed by atoms with van der Waals surface area (Å²) < 4.78 is 15.1. The number of rotatable bonds is 16. The first-order valence-electron chi connectivity index (χ1n) is 19.0. The first-order valence-corrected chi connectivity index (χ1v) is 19.0. The van der Waals surface area contributed by atoms with Crippen LogP contribution in [0.25, 0.3) is 22.1 Å². The fourth-order valence-corrected chi connectivity index (χ4v) is 7.47. The van der Waals surface area contributed by atoms with E-state index >= 15 is 0 Å². The maximum atomic E-state index is 11.0. The second-order valence-electron chi connectivity index (χ2n) is 13.9. The molecule has 290 valence electrons. The van der Waals surface area contributed by atoms with Crippen LogP contribution in [-0.4, -0.2) is 81.4 Å². The third kappa shape index (κ3) is 10.8. The van der Waals surface area contributed by atoms with Crippen LogP contribution in [-0.2, 0) is 91.7 Å². The van der Waals surface area contributed by atoms with Crippen molar-refractivity contribution in [2.75, 3.05) is 52.0 Å². The number of nitrogen functional groups attached to an aromatic ring is 2. The van der Waals surface area contributed by atoms with Gasteiger partial charge in [-0.2, -0.15) is 0 Å². The van der Waals surface area contributed by atoms with Gasteiger partial charge in [0.1, 0.15) is 22.7 Å². The van der Waals surface area contributed by atoms with Crippen molar-refractivity contribution in [1.82, 2.24) is 39.7 Å². The molecule has 0 aliphatic heterocycles. The van der Waals surface area contributed by atoms with Crippen LogP contribution in [0.4, 0.5) is 11.6 Å². The molecule has 0 saturated carbocycles. The molecule has 0 unspecified atom stereocenters. The third-order valence-electron chi connectivity index (χ3n) is 9.96. The Kier molecular flexibility index (Phi) is 16.5. The fourth-order valence-electron chi connectivity index (χ4n) is 7.47. The average Bonchev–Trinajstić information content (AvgIpc) is 3.69. The normalized spacial score (nSPS) is 13.5. The van der Waals surface area contributed by atoms with Gasteiger partial charge >= 0.3 is 0 Å². The number of aromatic nitrogens is 6. The molecule has 0 spiro atoms. The number of nitrogens with zero attached hydrogens (tertiary/aromatic N) is 6. The van der Waals surface area contributed by atoms with Crippen LogP contribution in [0.15, 0.2) is 0 Å². The molecule has 2 amide bonds. The molecular formula is C38H58N10O4W. The maximum absolute atomic E-state index is 11.0. The molecule has 2 aliphatic carbocycles. The number of carbonyl (C=O) groups excluding carboxylic acids is 2. The zero-order chi connectivity index (χ0) is 37.0. The summed E-state index contributed by atoms with van der Waals surface area (Å²) in [5.74, 6) is 3.13. The molecule has 14 nitrogen and oxygen atoms in total. The van der Waals surface area contributed by atoms with Crippen molar-refractivity contribution in [2.24, 2.45) is 0 Å². The van der Waals surface area contributed by atoms with Crippen molar-refractivity contribution < 1.29 is 40.1 Å². The molecule has 4 aromatic heterocycles. The Bertz CT molecular complexity index is 1710. The van der Waals surface area contributed by atoms with Crippen molar-refractivity contribution in [3.63, 3.8) is 0 Å². The Labute approximate surface area is 327 Å². The number of nitrogens with one attached hydrogen (secondary N) is 2. The van der Waals surface area contributed by atoms with E-state index in [-0.39, 0.29) is 32.9 Å². The number of hydrogen-bond acceptors (Lipinski definition) is 10. The van der Waals surface area contributed by atoms with E-state index < -0.39 is 0 Å². The monoisotopic (exact) mass is 902 g/mol. The van der Waals surface area contributed by atoms with Crippen LogP contribution in [0, 0.1) is 0 Å². The predicted molar refractivity (Wildman–Crippen MR) is 204 cm³/mol. The quantitative estimate of drug-likeness (QED) is 0.120. The first kappa shape index (κ1) is 42.1. The molecule has 0 aromatic carbocycles. The molecule has 4 aromatic rings. The standard InChI is InChI=1S/2C19H29N5O2.W/c2*1-13(25)21-10-5-6-11-24-16(9-12-26-2)23-17-18(24)14-7-3-4-8-15(14)22-19(17)20;/h2*3-12H2,1-2H3,(H2,20,22)(H,21,25);. The summed E-state index contributed by atoms with van der Waals surface area (Å²) in [5.41, 5.74) is 21.4. The van der Waals surface area contributed by atoms with Gasteiger partial charge in [-0.3, -0.25) is 9.59 Å². The van der Waals surface area contributed by atoms with Crippen LogP contribution >= 0.6 is 0 Å². The summed E-state index contributed by atoms with van der Waals surface area (Å²) in [5, 5.41) is 5.71. The van der Waals surface area contributed by atoms with Gasteiger partial charge in [0.2, 0.25) is 11.8 Å². The number of hydrogen-bond donors (Lipinski definition) is 4. The molecule has 15 heteroatoms. The Morgan fingerprint density at radius 2 is 1.04 bits per heavy atom. The second kappa shape index (κ2) is 20.7. The zero-order valence-electron chi connectivity index (χ0n) is 32.0. The molecule has 0 fully saturated rings. The summed E-state index contributed by atoms with van der Waals surface area (Å²) in [7, 11) is 3.41. The van der Waals surface area contributed by atoms with Crippen molar-refractivity contribution in [2.45, 2.75) is 117 Å². The van der Waals surface area contributed by atoms with E-state index in [1.54, 1.807) is 28.1 Å². The van der Waals surface area contributed by atoms with Crippen LogP contribution in [0.2, 0.25) is 0 Å². The number of amides is 2. The Balaban J connectivity index is 0.000000232. The first-order chi connectivity index (χ1) is 25.2. The average molecular weight is 903 g/mol. The van der Waals surface area contributed by atoms with Crippen molar-refractivity contribution >= 4 is 45.5 Å². The van der Waals surface area contributed by atoms with Crippen LogP contribution in [0.5, 0.6) is 0 Å². The number of imidazole rings is 2. The molecule has 6 N–H and O–H groups in total. The number of fused-ring (bicyclic) bond motifs is 6. The number of carbonyl (C=O) groups is 2. The number of pyridine rings is 2. The predicted octanol–water partition coefficient (Wildman–Crippen LogP) is 3.99. The number of methoxy groups -OCH3 is 2. The Morgan fingerprint density at radius 1 is 0.642 bits per heavy atom. The molecule has 4 heterocycles. The molecule has 53 heavy (non-hydrogen) atoms. The summed E-state index contributed by atoms with van der Waals surface area (Å²) in [6.07, 6.45) is 14.1. The van der Waals surface area contributed by atoms with Gasteiger partial charge in [0, 0.05) is 99.5 Å². The van der Waals surface area contributed by atoms with E-state index in [2.05, 4.69) is 29.7 Å². The molecule has 0 radical (unpaired) electrons. The van der Waals surface area contributed by atoms with Crippen LogP contribution in [0.1, 0.15) is 99.4 Å². The number of unbranched alkanes of at least 4 members (excludes halogenated alkanes) is 2. The van der Waals surface area contributed by atoms with Crippen LogP contribution in [0.3, 0.4) is 0 Å². The van der Waals surface area contributed by atoms with Crippen molar-refractivity contribution in [3.05, 3.63) is 34.2 Å². The minimum Gasteiger partial charge on any atom is -0.384 e. The van der Waals surface area contributed by atoms with Gasteiger partial charge < -0.3 is 40.7 Å². The topological polar surface area (TPSA) is 190 Å². The number of nitrogens with two attached hydrogens (primary N) is 2. The van der Waals surface area contributed by atoms with Crippen molar-refractivity contribution in [3.8, 4) is 0 Å². The summed E-state index contributed by atoms with van der Waals surface area (Å²) >= 11 is 0. The number of anilines is 2. The SMILES string of the molecule is COCCc1nc2c(N)nc3c(c2n1CCCCNC(C)=O)CCCC3.COCCc1nc2c(N)nc3c(c2n1CCCCNC(C)=O)CCCC3.[W]. The van der Waals surface area contributed by atoms with Gasteiger partial charge in [0.25, 0.3) is 0 Å². The summed E-state index contributed by atoms with van der Waals surface area (Å²) in [6.45, 7) is 7.50. The minimum atomic E-state index is 0. The third-order valence-corrected chi connectivity index (χ3v) is 9.96. The molecular weight excluding hydrogens is 844 g/mol. The molecule has 0 saturated heterocycles. The van der Waals surface area contributed by atoms with Gasteiger partial charge in [-0.15, -0.1) is 0 Å². The second-order valence-corrected chi connectivity index (χ2v) is 13.9.